The maximum Gasteiger partial charge on any atom is 0.164 e. The Morgan fingerprint density at radius 1 is 0.316 bits per heavy atom. The Morgan fingerprint density at radius 2 is 0.842 bits per heavy atom. The van der Waals surface area contributed by atoms with Crippen molar-refractivity contribution in [2.75, 3.05) is 0 Å². The normalized spacial score (nSPS) is 11.9. The van der Waals surface area contributed by atoms with E-state index in [4.69, 9.17) is 23.8 Å². The maximum absolute atomic E-state index is 6.58. The average molecular weight is 731 g/mol. The van der Waals surface area contributed by atoms with Gasteiger partial charge < -0.3 is 13.4 Å². The van der Waals surface area contributed by atoms with Crippen molar-refractivity contribution < 1.29 is 8.83 Å². The molecule has 0 amide bonds. The first-order valence-corrected chi connectivity index (χ1v) is 19.0. The quantitative estimate of drug-likeness (QED) is 0.176. The van der Waals surface area contributed by atoms with Gasteiger partial charge in [-0.3, -0.25) is 0 Å². The monoisotopic (exact) mass is 730 g/mol. The summed E-state index contributed by atoms with van der Waals surface area (Å²) in [7, 11) is 0. The smallest absolute Gasteiger partial charge is 0.164 e. The van der Waals surface area contributed by atoms with Gasteiger partial charge in [0.25, 0.3) is 0 Å². The van der Waals surface area contributed by atoms with Crippen LogP contribution >= 0.6 is 0 Å². The number of fused-ring (bicyclic) bond motifs is 9. The van der Waals surface area contributed by atoms with E-state index in [9.17, 15) is 0 Å². The zero-order valence-electron chi connectivity index (χ0n) is 30.4. The molecule has 6 heteroatoms. The summed E-state index contributed by atoms with van der Waals surface area (Å²) in [5.41, 5.74) is 11.5. The number of para-hydroxylation sites is 2. The van der Waals surface area contributed by atoms with E-state index in [0.717, 1.165) is 99.2 Å². The average Bonchev–Trinajstić information content (AvgIpc) is 3.95. The minimum atomic E-state index is 0.575. The molecule has 266 valence electrons. The third-order valence-corrected chi connectivity index (χ3v) is 11.1. The summed E-state index contributed by atoms with van der Waals surface area (Å²) in [4.78, 5) is 15.3. The largest absolute Gasteiger partial charge is 0.456 e. The first-order chi connectivity index (χ1) is 28.2. The van der Waals surface area contributed by atoms with Gasteiger partial charge in [-0.25, -0.2) is 15.0 Å². The molecule has 12 aromatic rings. The molecule has 8 aromatic carbocycles. The molecule has 0 radical (unpaired) electrons. The number of rotatable bonds is 5. The molecule has 0 unspecified atom stereocenters. The Bertz CT molecular complexity index is 3530. The molecule has 57 heavy (non-hydrogen) atoms. The number of hydrogen-bond donors (Lipinski definition) is 0. The SMILES string of the molecule is c1ccc(-c2ccc3c(c2)oc2cccc(-n4c5ccccc5c5ccc(-c6nc(-c7ccccc7)nc(-c7ccc8c(c7)oc7ccccc78)n6)cc54)c23)cc1. The molecule has 12 rings (SSSR count). The highest BCUT2D eigenvalue weighted by Gasteiger charge is 2.20. The van der Waals surface area contributed by atoms with Gasteiger partial charge in [0.1, 0.15) is 22.3 Å². The van der Waals surface area contributed by atoms with Crippen molar-refractivity contribution >= 4 is 65.7 Å². The van der Waals surface area contributed by atoms with Crippen molar-refractivity contribution in [2.45, 2.75) is 0 Å². The van der Waals surface area contributed by atoms with Crippen molar-refractivity contribution in [3.05, 3.63) is 182 Å². The highest BCUT2D eigenvalue weighted by atomic mass is 16.3. The van der Waals surface area contributed by atoms with E-state index in [1.165, 1.54) is 0 Å². The zero-order valence-corrected chi connectivity index (χ0v) is 30.4. The zero-order chi connectivity index (χ0) is 37.5. The van der Waals surface area contributed by atoms with Gasteiger partial charge in [-0.2, -0.15) is 0 Å². The molecule has 0 bridgehead atoms. The summed E-state index contributed by atoms with van der Waals surface area (Å²) in [5, 5.41) is 6.57. The number of nitrogens with zero attached hydrogens (tertiary/aromatic N) is 4. The van der Waals surface area contributed by atoms with Crippen molar-refractivity contribution in [1.82, 2.24) is 19.5 Å². The number of benzene rings is 8. The van der Waals surface area contributed by atoms with E-state index in [2.05, 4.69) is 126 Å². The van der Waals surface area contributed by atoms with Gasteiger partial charge in [-0.1, -0.05) is 127 Å². The fourth-order valence-electron chi connectivity index (χ4n) is 8.39. The Labute approximate surface area is 325 Å². The summed E-state index contributed by atoms with van der Waals surface area (Å²) in [6.45, 7) is 0. The fraction of sp³-hybridized carbons (Fsp3) is 0. The van der Waals surface area contributed by atoms with Gasteiger partial charge >= 0.3 is 0 Å². The van der Waals surface area contributed by atoms with Crippen LogP contribution in [0, 0.1) is 0 Å². The lowest BCUT2D eigenvalue weighted by molar-refractivity contribution is 0.668. The van der Waals surface area contributed by atoms with Crippen LogP contribution in [0.1, 0.15) is 0 Å². The molecule has 0 aliphatic heterocycles. The first kappa shape index (κ1) is 31.5. The van der Waals surface area contributed by atoms with E-state index < -0.39 is 0 Å². The Morgan fingerprint density at radius 3 is 1.65 bits per heavy atom. The second-order valence-corrected chi connectivity index (χ2v) is 14.4. The van der Waals surface area contributed by atoms with Gasteiger partial charge in [0.05, 0.1) is 22.1 Å². The molecule has 0 atom stereocenters. The maximum atomic E-state index is 6.58. The van der Waals surface area contributed by atoms with E-state index >= 15 is 0 Å². The summed E-state index contributed by atoms with van der Waals surface area (Å²) in [6.07, 6.45) is 0. The van der Waals surface area contributed by atoms with Crippen molar-refractivity contribution in [3.8, 4) is 51.0 Å². The standard InChI is InChI=1S/C51H30N4O2/c1-3-12-31(13-4-1)33-22-27-40-47(29-33)57-45-21-11-19-42(48(40)45)55-41-18-9-7-16-36(41)37-25-23-34(28-43(37)55)50-52-49(32-14-5-2-6-15-32)53-51(54-50)35-24-26-39-38-17-8-10-20-44(38)56-46(39)30-35/h1-30H. The molecule has 0 saturated heterocycles. The second-order valence-electron chi connectivity index (χ2n) is 14.4. The first-order valence-electron chi connectivity index (χ1n) is 19.0. The minimum absolute atomic E-state index is 0.575. The molecule has 0 fully saturated rings. The second kappa shape index (κ2) is 12.3. The molecular weight excluding hydrogens is 701 g/mol. The topological polar surface area (TPSA) is 69.9 Å². The van der Waals surface area contributed by atoms with Gasteiger partial charge in [0, 0.05) is 43.6 Å². The van der Waals surface area contributed by atoms with Crippen LogP contribution in [0.25, 0.3) is 117 Å². The Balaban J connectivity index is 1.07. The lowest BCUT2D eigenvalue weighted by Gasteiger charge is -2.11. The van der Waals surface area contributed by atoms with Crippen LogP contribution in [-0.2, 0) is 0 Å². The predicted molar refractivity (Wildman–Crippen MR) is 230 cm³/mol. The van der Waals surface area contributed by atoms with Crippen LogP contribution < -0.4 is 0 Å². The molecule has 0 aliphatic rings. The third kappa shape index (κ3) is 5.01. The van der Waals surface area contributed by atoms with Gasteiger partial charge in [-0.05, 0) is 65.7 Å². The highest BCUT2D eigenvalue weighted by molar-refractivity contribution is 6.15. The van der Waals surface area contributed by atoms with Gasteiger partial charge in [0.2, 0.25) is 0 Å². The van der Waals surface area contributed by atoms with Crippen LogP contribution in [-0.4, -0.2) is 19.5 Å². The number of hydrogen-bond acceptors (Lipinski definition) is 5. The molecule has 0 aliphatic carbocycles. The van der Waals surface area contributed by atoms with Gasteiger partial charge in [-0.15, -0.1) is 0 Å². The van der Waals surface area contributed by atoms with Crippen LogP contribution in [0.3, 0.4) is 0 Å². The molecule has 0 spiro atoms. The van der Waals surface area contributed by atoms with E-state index in [1.807, 2.05) is 60.7 Å². The van der Waals surface area contributed by atoms with Crippen LogP contribution in [0.5, 0.6) is 0 Å². The van der Waals surface area contributed by atoms with Gasteiger partial charge in [0.15, 0.2) is 17.5 Å². The highest BCUT2D eigenvalue weighted by Crippen LogP contribution is 2.41. The van der Waals surface area contributed by atoms with Crippen molar-refractivity contribution in [2.24, 2.45) is 0 Å². The van der Waals surface area contributed by atoms with Crippen molar-refractivity contribution in [3.63, 3.8) is 0 Å². The Hall–Kier alpha value is -7.83. The van der Waals surface area contributed by atoms with E-state index in [1.54, 1.807) is 0 Å². The molecule has 6 nitrogen and oxygen atoms in total. The molecular formula is C51H30N4O2. The lowest BCUT2D eigenvalue weighted by Crippen LogP contribution is -2.00. The Kier molecular flexibility index (Phi) is 6.83. The summed E-state index contributed by atoms with van der Waals surface area (Å²) in [5.74, 6) is 1.76. The molecule has 4 aromatic heterocycles. The summed E-state index contributed by atoms with van der Waals surface area (Å²) >= 11 is 0. The van der Waals surface area contributed by atoms with Crippen LogP contribution in [0.2, 0.25) is 0 Å². The third-order valence-electron chi connectivity index (χ3n) is 11.1. The van der Waals surface area contributed by atoms with Crippen molar-refractivity contribution in [1.29, 1.82) is 0 Å². The molecule has 4 heterocycles. The summed E-state index contributed by atoms with van der Waals surface area (Å²) < 4.78 is 15.2. The van der Waals surface area contributed by atoms with E-state index in [-0.39, 0.29) is 0 Å². The number of aromatic nitrogens is 4. The summed E-state index contributed by atoms with van der Waals surface area (Å²) in [6, 6.07) is 62.7. The van der Waals surface area contributed by atoms with E-state index in [0.29, 0.717) is 17.5 Å². The van der Waals surface area contributed by atoms with Crippen LogP contribution in [0.15, 0.2) is 191 Å². The fourth-order valence-corrected chi connectivity index (χ4v) is 8.39. The molecule has 0 saturated carbocycles. The lowest BCUT2D eigenvalue weighted by atomic mass is 10.0. The predicted octanol–water partition coefficient (Wildman–Crippen LogP) is 13.4. The minimum Gasteiger partial charge on any atom is -0.456 e. The van der Waals surface area contributed by atoms with Crippen LogP contribution in [0.4, 0.5) is 0 Å². The number of furan rings is 2. The molecule has 0 N–H and O–H groups in total.